The predicted molar refractivity (Wildman–Crippen MR) is 224 cm³/mol. The van der Waals surface area contributed by atoms with Crippen LogP contribution in [0.5, 0.6) is 0 Å². The van der Waals surface area contributed by atoms with Crippen molar-refractivity contribution in [3.05, 3.63) is 71.6 Å². The second-order valence-corrected chi connectivity index (χ2v) is 15.9. The van der Waals surface area contributed by atoms with Crippen LogP contribution < -0.4 is 37.6 Å². The molecule has 6 heterocycles. The molecule has 318 valence electrons. The number of carbonyl (C=O) groups is 3. The molecule has 0 aliphatic carbocycles. The quantitative estimate of drug-likeness (QED) is 0.0984. The van der Waals surface area contributed by atoms with Gasteiger partial charge in [0.25, 0.3) is 11.8 Å². The number of carbonyl (C=O) groups excluding carboxylic acids is 3. The summed E-state index contributed by atoms with van der Waals surface area (Å²) in [7, 11) is 3.57. The molecule has 2 saturated heterocycles. The third kappa shape index (κ3) is 10.5. The summed E-state index contributed by atoms with van der Waals surface area (Å²) in [5, 5.41) is 40.7. The highest BCUT2D eigenvalue weighted by Crippen LogP contribution is 2.30. The Labute approximate surface area is 347 Å². The van der Waals surface area contributed by atoms with Crippen molar-refractivity contribution in [3.8, 4) is 0 Å². The molecule has 21 nitrogen and oxygen atoms in total. The average Bonchev–Trinajstić information content (AvgIpc) is 3.82. The Kier molecular flexibility index (Phi) is 13.0. The third-order valence-corrected chi connectivity index (χ3v) is 10.6. The number of benzene rings is 1. The van der Waals surface area contributed by atoms with Crippen LogP contribution >= 0.6 is 0 Å². The molecule has 2 amide bonds. The molecule has 2 aliphatic rings. The lowest BCUT2D eigenvalue weighted by molar-refractivity contribution is 0.0784. The minimum absolute atomic E-state index is 0.0171. The number of ketones is 1. The zero-order valence-electron chi connectivity index (χ0n) is 34.6. The molecule has 0 bridgehead atoms. The molecule has 7 rings (SSSR count). The van der Waals surface area contributed by atoms with Gasteiger partial charge in [0.1, 0.15) is 0 Å². The van der Waals surface area contributed by atoms with E-state index in [2.05, 4.69) is 65.0 Å². The molecular weight excluding hydrogens is 771 g/mol. The largest absolute Gasteiger partial charge is 0.386 e. The van der Waals surface area contributed by atoms with E-state index in [1.165, 1.54) is 0 Å². The molecule has 0 radical (unpaired) electrons. The van der Waals surface area contributed by atoms with E-state index in [-0.39, 0.29) is 52.9 Å². The van der Waals surface area contributed by atoms with Gasteiger partial charge in [0, 0.05) is 69.7 Å². The molecular formula is C39H53N17O4. The maximum atomic E-state index is 13.0. The molecule has 60 heavy (non-hydrogen) atoms. The first-order chi connectivity index (χ1) is 28.4. The van der Waals surface area contributed by atoms with Gasteiger partial charge in [-0.3, -0.25) is 23.7 Å². The van der Waals surface area contributed by atoms with Crippen molar-refractivity contribution in [2.75, 3.05) is 33.5 Å². The topological polar surface area (TPSA) is 293 Å². The van der Waals surface area contributed by atoms with Gasteiger partial charge in [0.2, 0.25) is 11.9 Å². The van der Waals surface area contributed by atoms with E-state index >= 15 is 0 Å². The number of hydrogen-bond acceptors (Lipinski definition) is 17. The van der Waals surface area contributed by atoms with Gasteiger partial charge in [0.15, 0.2) is 28.8 Å². The van der Waals surface area contributed by atoms with Crippen molar-refractivity contribution < 1.29 is 19.5 Å². The van der Waals surface area contributed by atoms with Crippen molar-refractivity contribution in [1.82, 2.24) is 49.9 Å². The number of nitrogens with zero attached hydrogens (tertiary/aromatic N) is 12. The highest BCUT2D eigenvalue weighted by atomic mass is 16.3. The summed E-state index contributed by atoms with van der Waals surface area (Å²) in [6, 6.07) is 7.57. The van der Waals surface area contributed by atoms with Crippen LogP contribution in [0.1, 0.15) is 96.7 Å². The van der Waals surface area contributed by atoms with Crippen LogP contribution in [-0.2, 0) is 19.7 Å². The molecule has 0 spiro atoms. The fraction of sp³-hybridized carbons (Fsp3) is 0.462. The number of nitrogens with one attached hydrogen (secondary N) is 2. The van der Waals surface area contributed by atoms with Crippen LogP contribution in [0.15, 0.2) is 49.1 Å². The van der Waals surface area contributed by atoms with E-state index in [1.807, 2.05) is 9.80 Å². The highest BCUT2D eigenvalue weighted by Gasteiger charge is 2.31. The molecule has 2 fully saturated rings. The van der Waals surface area contributed by atoms with Gasteiger partial charge < -0.3 is 42.7 Å². The van der Waals surface area contributed by atoms with Gasteiger partial charge in [0.05, 0.1) is 29.4 Å². The first kappa shape index (κ1) is 43.0. The van der Waals surface area contributed by atoms with Crippen LogP contribution in [0, 0.1) is 5.92 Å². The molecule has 1 aromatic carbocycles. The van der Waals surface area contributed by atoms with Crippen molar-refractivity contribution in [2.45, 2.75) is 83.5 Å². The van der Waals surface area contributed by atoms with Gasteiger partial charge in [-0.2, -0.15) is 20.2 Å². The van der Waals surface area contributed by atoms with Crippen LogP contribution in [0.4, 0.5) is 34.9 Å². The second kappa shape index (κ2) is 18.1. The number of aryl methyl sites for hydroxylation is 2. The number of aliphatic hydroxyl groups is 1. The molecule has 5 aromatic rings. The van der Waals surface area contributed by atoms with E-state index in [9.17, 15) is 19.5 Å². The summed E-state index contributed by atoms with van der Waals surface area (Å²) in [5.41, 5.74) is 18.6. The number of hydrogen-bond donors (Lipinski definition) is 6. The van der Waals surface area contributed by atoms with Crippen LogP contribution in [-0.4, -0.2) is 104 Å². The van der Waals surface area contributed by atoms with Crippen molar-refractivity contribution >= 4 is 52.5 Å². The molecule has 9 N–H and O–H groups in total. The number of aromatic nitrogens is 10. The van der Waals surface area contributed by atoms with E-state index in [1.54, 1.807) is 86.4 Å². The first-order valence-corrected chi connectivity index (χ1v) is 19.7. The normalized spacial score (nSPS) is 19.3. The van der Waals surface area contributed by atoms with E-state index in [4.69, 9.17) is 17.2 Å². The SMILES string of the molecule is C[C@H]1CC[C@@H](CC(=O)c2ccc(C(C)(C)O)cc2)CN1c1nnc(C(N)=O)c(Nc2cnn(C)c2)n1.C[C@H]1CC[C@@H](N)CN1c1nnc(C(N)=O)c(Nc2cnn(C)c2)n1. The van der Waals surface area contributed by atoms with Gasteiger partial charge in [-0.1, -0.05) is 24.3 Å². The van der Waals surface area contributed by atoms with Gasteiger partial charge >= 0.3 is 0 Å². The van der Waals surface area contributed by atoms with Gasteiger partial charge in [-0.15, -0.1) is 20.4 Å². The number of anilines is 6. The van der Waals surface area contributed by atoms with Gasteiger partial charge in [-0.05, 0) is 64.9 Å². The van der Waals surface area contributed by atoms with Crippen LogP contribution in [0.25, 0.3) is 0 Å². The van der Waals surface area contributed by atoms with E-state index < -0.39 is 17.4 Å². The monoisotopic (exact) mass is 823 g/mol. The Hall–Kier alpha value is -6.61. The Balaban J connectivity index is 0.000000218. The van der Waals surface area contributed by atoms with Crippen molar-refractivity contribution in [2.24, 2.45) is 37.2 Å². The highest BCUT2D eigenvalue weighted by molar-refractivity contribution is 5.97. The van der Waals surface area contributed by atoms with E-state index in [0.29, 0.717) is 48.3 Å². The van der Waals surface area contributed by atoms with Gasteiger partial charge in [-0.25, -0.2) is 0 Å². The molecule has 21 heteroatoms. The number of rotatable bonds is 12. The molecule has 4 atom stereocenters. The maximum Gasteiger partial charge on any atom is 0.273 e. The fourth-order valence-electron chi connectivity index (χ4n) is 7.11. The Morgan fingerprint density at radius 2 is 1.23 bits per heavy atom. The predicted octanol–water partition coefficient (Wildman–Crippen LogP) is 2.32. The summed E-state index contributed by atoms with van der Waals surface area (Å²) < 4.78 is 3.25. The summed E-state index contributed by atoms with van der Waals surface area (Å²) >= 11 is 0. The minimum atomic E-state index is -0.954. The lowest BCUT2D eigenvalue weighted by Gasteiger charge is -2.37. The third-order valence-electron chi connectivity index (χ3n) is 10.6. The van der Waals surface area contributed by atoms with E-state index in [0.717, 1.165) is 31.2 Å². The van der Waals surface area contributed by atoms with Crippen LogP contribution in [0.3, 0.4) is 0 Å². The average molecular weight is 824 g/mol. The number of amides is 2. The lowest BCUT2D eigenvalue weighted by Crippen LogP contribution is -2.48. The summed E-state index contributed by atoms with van der Waals surface area (Å²) in [4.78, 5) is 49.5. The smallest absolute Gasteiger partial charge is 0.273 e. The minimum Gasteiger partial charge on any atom is -0.386 e. The van der Waals surface area contributed by atoms with Crippen LogP contribution in [0.2, 0.25) is 0 Å². The number of primary amides is 2. The molecule has 2 aliphatic heterocycles. The summed E-state index contributed by atoms with van der Waals surface area (Å²) in [6.45, 7) is 8.82. The number of nitrogens with two attached hydrogens (primary N) is 3. The van der Waals surface area contributed by atoms with Crippen molar-refractivity contribution in [1.29, 1.82) is 0 Å². The van der Waals surface area contributed by atoms with Crippen molar-refractivity contribution in [3.63, 3.8) is 0 Å². The molecule has 0 saturated carbocycles. The second-order valence-electron chi connectivity index (χ2n) is 15.9. The number of piperidine rings is 2. The molecule has 0 unspecified atom stereocenters. The Bertz CT molecular complexity index is 2300. The zero-order valence-corrected chi connectivity index (χ0v) is 34.6. The summed E-state index contributed by atoms with van der Waals surface area (Å²) in [5.74, 6) is -0.0186. The Morgan fingerprint density at radius 1 is 0.750 bits per heavy atom. The summed E-state index contributed by atoms with van der Waals surface area (Å²) in [6.07, 6.45) is 10.8. The standard InChI is InChI=1S/C25H32N8O3.C14H21N9O/c1-15-5-6-16(11-20(34)17-7-9-18(10-8-17)25(2,3)36)13-33(15)24-29-23(21(22(26)35)30-31-24)28-19-12-27-32(4)14-19;1-8-3-4-9(15)6-23(8)14-19-13(11(12(16)24)20-21-14)18-10-5-17-22(2)7-10/h7-10,12,14-16,36H,5-6,11,13H2,1-4H3,(H2,26,35)(H,28,29,31);5,7-9H,3-4,6,15H2,1-2H3,(H2,16,24)(H,18,19,21)/t15-,16-;8-,9+/m00/s1. The zero-order chi connectivity index (χ0) is 43.3. The fourth-order valence-corrected chi connectivity index (χ4v) is 7.11. The lowest BCUT2D eigenvalue weighted by atomic mass is 9.88. The Morgan fingerprint density at radius 3 is 1.68 bits per heavy atom. The maximum absolute atomic E-state index is 13.0. The molecule has 4 aromatic heterocycles. The first-order valence-electron chi connectivity index (χ1n) is 19.7. The number of Topliss-reactive ketones (excluding diaryl/α,β-unsaturated/α-hetero) is 1.